The molecule has 0 atom stereocenters. The number of rotatable bonds is 2. The van der Waals surface area contributed by atoms with Gasteiger partial charge < -0.3 is 10.1 Å². The van der Waals surface area contributed by atoms with Gasteiger partial charge in [0.05, 0.1) is 0 Å². The van der Waals surface area contributed by atoms with Crippen molar-refractivity contribution < 1.29 is 4.74 Å². The fourth-order valence-electron chi connectivity index (χ4n) is 1.57. The predicted octanol–water partition coefficient (Wildman–Crippen LogP) is 2.95. The van der Waals surface area contributed by atoms with E-state index in [2.05, 4.69) is 34.2 Å². The van der Waals surface area contributed by atoms with Crippen LogP contribution in [0.25, 0.3) is 0 Å². The number of hydrogen-bond donors (Lipinski definition) is 1. The van der Waals surface area contributed by atoms with Crippen LogP contribution < -0.4 is 10.1 Å². The molecule has 1 aromatic heterocycles. The molecule has 0 saturated carbocycles. The fourth-order valence-corrected chi connectivity index (χ4v) is 2.99. The largest absolute Gasteiger partial charge is 0.481 e. The van der Waals surface area contributed by atoms with Crippen LogP contribution >= 0.6 is 27.3 Å². The molecule has 0 radical (unpaired) electrons. The molecule has 14 heavy (non-hydrogen) atoms. The monoisotopic (exact) mass is 275 g/mol. The molecule has 1 aromatic rings. The Morgan fingerprint density at radius 1 is 1.50 bits per heavy atom. The van der Waals surface area contributed by atoms with Crippen molar-refractivity contribution in [3.8, 4) is 5.06 Å². The number of ether oxygens (including phenoxy) is 1. The van der Waals surface area contributed by atoms with Crippen molar-refractivity contribution in [3.05, 3.63) is 15.4 Å². The first kappa shape index (κ1) is 10.5. The number of piperidine rings is 1. The summed E-state index contributed by atoms with van der Waals surface area (Å²) in [6.07, 6.45) is 2.64. The van der Waals surface area contributed by atoms with Gasteiger partial charge in [-0.25, -0.2) is 0 Å². The molecule has 1 fully saturated rings. The highest BCUT2D eigenvalue weighted by Gasteiger charge is 2.15. The summed E-state index contributed by atoms with van der Waals surface area (Å²) in [6, 6.07) is 2.07. The minimum Gasteiger partial charge on any atom is -0.481 e. The number of aryl methyl sites for hydroxylation is 1. The maximum atomic E-state index is 5.91. The Bertz CT molecular complexity index is 288. The Hall–Kier alpha value is -0.0600. The molecule has 0 aliphatic carbocycles. The average Bonchev–Trinajstić information content (AvgIpc) is 2.47. The van der Waals surface area contributed by atoms with E-state index in [0.717, 1.165) is 35.5 Å². The standard InChI is InChI=1S/C10H14BrNOS/c1-7-9(11)6-10(14-7)13-8-2-4-12-5-3-8/h6,8,12H,2-5H2,1H3. The number of nitrogens with one attached hydrogen (secondary N) is 1. The van der Waals surface area contributed by atoms with Crippen molar-refractivity contribution >= 4 is 27.3 Å². The lowest BCUT2D eigenvalue weighted by atomic mass is 10.1. The van der Waals surface area contributed by atoms with E-state index in [1.165, 1.54) is 4.88 Å². The van der Waals surface area contributed by atoms with Gasteiger partial charge in [-0.05, 0) is 48.8 Å². The van der Waals surface area contributed by atoms with Gasteiger partial charge in [0.1, 0.15) is 6.10 Å². The van der Waals surface area contributed by atoms with E-state index < -0.39 is 0 Å². The maximum Gasteiger partial charge on any atom is 0.175 e. The summed E-state index contributed by atoms with van der Waals surface area (Å²) >= 11 is 5.22. The Balaban J connectivity index is 1.95. The van der Waals surface area contributed by atoms with Crippen molar-refractivity contribution in [2.45, 2.75) is 25.9 Å². The summed E-state index contributed by atoms with van der Waals surface area (Å²) in [5.41, 5.74) is 0. The average molecular weight is 276 g/mol. The summed E-state index contributed by atoms with van der Waals surface area (Å²) < 4.78 is 7.06. The zero-order valence-corrected chi connectivity index (χ0v) is 10.6. The Morgan fingerprint density at radius 2 is 2.21 bits per heavy atom. The van der Waals surface area contributed by atoms with Crippen LogP contribution in [0, 0.1) is 6.92 Å². The van der Waals surface area contributed by atoms with E-state index >= 15 is 0 Å². The molecule has 2 rings (SSSR count). The van der Waals surface area contributed by atoms with Gasteiger partial charge in [0.15, 0.2) is 5.06 Å². The summed E-state index contributed by atoms with van der Waals surface area (Å²) in [5.74, 6) is 0. The van der Waals surface area contributed by atoms with E-state index in [-0.39, 0.29) is 0 Å². The molecule has 1 aliphatic rings. The molecule has 1 N–H and O–H groups in total. The molecule has 1 aliphatic heterocycles. The van der Waals surface area contributed by atoms with Gasteiger partial charge in [0.25, 0.3) is 0 Å². The van der Waals surface area contributed by atoms with Gasteiger partial charge in [-0.1, -0.05) is 0 Å². The summed E-state index contributed by atoms with van der Waals surface area (Å²) in [7, 11) is 0. The molecule has 1 saturated heterocycles. The van der Waals surface area contributed by atoms with Crippen molar-refractivity contribution in [2.24, 2.45) is 0 Å². The molecule has 2 nitrogen and oxygen atoms in total. The molecule has 0 aromatic carbocycles. The van der Waals surface area contributed by atoms with E-state index in [0.29, 0.717) is 6.10 Å². The molecular weight excluding hydrogens is 262 g/mol. The second-order valence-corrected chi connectivity index (χ2v) is 5.61. The van der Waals surface area contributed by atoms with Crippen LogP contribution in [0.1, 0.15) is 17.7 Å². The first-order valence-electron chi connectivity index (χ1n) is 4.89. The number of halogens is 1. The zero-order chi connectivity index (χ0) is 9.97. The fraction of sp³-hybridized carbons (Fsp3) is 0.600. The third kappa shape index (κ3) is 2.49. The SMILES string of the molecule is Cc1sc(OC2CCNCC2)cc1Br. The van der Waals surface area contributed by atoms with E-state index in [1.807, 2.05) is 0 Å². The smallest absolute Gasteiger partial charge is 0.175 e. The summed E-state index contributed by atoms with van der Waals surface area (Å²) in [4.78, 5) is 1.29. The van der Waals surface area contributed by atoms with Crippen LogP contribution in [0.2, 0.25) is 0 Å². The molecule has 0 amide bonds. The third-order valence-corrected chi connectivity index (χ3v) is 4.43. The van der Waals surface area contributed by atoms with Crippen molar-refractivity contribution in [2.75, 3.05) is 13.1 Å². The molecule has 4 heteroatoms. The summed E-state index contributed by atoms with van der Waals surface area (Å²) in [5, 5.41) is 4.37. The Kier molecular flexibility index (Phi) is 3.47. The van der Waals surface area contributed by atoms with E-state index in [4.69, 9.17) is 4.74 Å². The minimum atomic E-state index is 0.404. The van der Waals surface area contributed by atoms with Crippen LogP contribution in [0.5, 0.6) is 5.06 Å². The normalized spacial score (nSPS) is 18.4. The number of thiophene rings is 1. The number of hydrogen-bond acceptors (Lipinski definition) is 3. The second kappa shape index (κ2) is 4.64. The molecule has 0 bridgehead atoms. The van der Waals surface area contributed by atoms with Crippen molar-refractivity contribution in [3.63, 3.8) is 0 Å². The van der Waals surface area contributed by atoms with Gasteiger partial charge in [-0.2, -0.15) is 0 Å². The summed E-state index contributed by atoms with van der Waals surface area (Å²) in [6.45, 7) is 4.26. The van der Waals surface area contributed by atoms with Crippen LogP contribution in [0.4, 0.5) is 0 Å². The first-order valence-corrected chi connectivity index (χ1v) is 6.50. The Labute approximate surface area is 96.8 Å². The highest BCUT2D eigenvalue weighted by molar-refractivity contribution is 9.10. The topological polar surface area (TPSA) is 21.3 Å². The first-order chi connectivity index (χ1) is 6.75. The van der Waals surface area contributed by atoms with Gasteiger partial charge in [-0.3, -0.25) is 0 Å². The van der Waals surface area contributed by atoms with Gasteiger partial charge >= 0.3 is 0 Å². The van der Waals surface area contributed by atoms with Crippen LogP contribution in [0.3, 0.4) is 0 Å². The highest BCUT2D eigenvalue weighted by Crippen LogP contribution is 2.33. The molecule has 0 unspecified atom stereocenters. The lowest BCUT2D eigenvalue weighted by molar-refractivity contribution is 0.168. The van der Waals surface area contributed by atoms with Crippen molar-refractivity contribution in [1.82, 2.24) is 5.32 Å². The van der Waals surface area contributed by atoms with E-state index in [1.54, 1.807) is 11.3 Å². The van der Waals surface area contributed by atoms with Crippen molar-refractivity contribution in [1.29, 1.82) is 0 Å². The quantitative estimate of drug-likeness (QED) is 0.896. The zero-order valence-electron chi connectivity index (χ0n) is 8.18. The van der Waals surface area contributed by atoms with Gasteiger partial charge in [0.2, 0.25) is 0 Å². The maximum absolute atomic E-state index is 5.91. The van der Waals surface area contributed by atoms with Gasteiger partial charge in [-0.15, -0.1) is 11.3 Å². The molecule has 78 valence electrons. The molecular formula is C10H14BrNOS. The van der Waals surface area contributed by atoms with Crippen LogP contribution in [-0.2, 0) is 0 Å². The lowest BCUT2D eigenvalue weighted by Gasteiger charge is -2.22. The Morgan fingerprint density at radius 3 is 2.79 bits per heavy atom. The molecule has 2 heterocycles. The van der Waals surface area contributed by atoms with Crippen LogP contribution in [0.15, 0.2) is 10.5 Å². The third-order valence-electron chi connectivity index (χ3n) is 2.40. The minimum absolute atomic E-state index is 0.404. The van der Waals surface area contributed by atoms with Crippen LogP contribution in [-0.4, -0.2) is 19.2 Å². The second-order valence-electron chi connectivity index (χ2n) is 3.54. The van der Waals surface area contributed by atoms with Gasteiger partial charge in [0, 0.05) is 15.4 Å². The van der Waals surface area contributed by atoms with E-state index in [9.17, 15) is 0 Å². The lowest BCUT2D eigenvalue weighted by Crippen LogP contribution is -2.33. The molecule has 0 spiro atoms. The highest BCUT2D eigenvalue weighted by atomic mass is 79.9. The predicted molar refractivity (Wildman–Crippen MR) is 63.3 cm³/mol.